The molecular weight excluding hydrogens is 247 g/mol. The third-order valence-corrected chi connectivity index (χ3v) is 3.28. The maximum absolute atomic E-state index is 13.0. The van der Waals surface area contributed by atoms with Gasteiger partial charge in [-0.15, -0.1) is 13.2 Å². The van der Waals surface area contributed by atoms with E-state index in [0.717, 1.165) is 12.1 Å². The first-order chi connectivity index (χ1) is 7.09. The molecule has 0 saturated heterocycles. The van der Waals surface area contributed by atoms with Gasteiger partial charge in [-0.1, -0.05) is 0 Å². The number of alkyl halides is 3. The number of hydrogen-bond donors (Lipinski definition) is 0. The molecule has 2 nitrogen and oxygen atoms in total. The minimum absolute atomic E-state index is 0.133. The molecule has 0 amide bonds. The van der Waals surface area contributed by atoms with Crippen molar-refractivity contribution in [3.8, 4) is 5.75 Å². The Balaban J connectivity index is 3.15. The van der Waals surface area contributed by atoms with Crippen molar-refractivity contribution in [2.75, 3.05) is 13.3 Å². The summed E-state index contributed by atoms with van der Waals surface area (Å²) in [6, 6.07) is 2.79. The van der Waals surface area contributed by atoms with Crippen LogP contribution in [0, 0.1) is 5.82 Å². The minimum Gasteiger partial charge on any atom is -0.403 e. The summed E-state index contributed by atoms with van der Waals surface area (Å²) in [5, 5.41) is 0.133. The van der Waals surface area contributed by atoms with Gasteiger partial charge in [-0.3, -0.25) is 0 Å². The second kappa shape index (κ2) is 4.09. The molecule has 0 aromatic heterocycles. The summed E-state index contributed by atoms with van der Waals surface area (Å²) < 4.78 is 63.7. The summed E-state index contributed by atoms with van der Waals surface area (Å²) in [4.78, 5) is 0. The Labute approximate surface area is 89.6 Å². The molecule has 0 unspecified atom stereocenters. The molecule has 0 N–H and O–H groups in total. The van der Waals surface area contributed by atoms with E-state index in [2.05, 4.69) is 4.74 Å². The molecule has 0 aliphatic carbocycles. The molecule has 0 radical (unpaired) electrons. The van der Waals surface area contributed by atoms with E-state index < -0.39 is 25.1 Å². The maximum Gasteiger partial charge on any atom is 0.573 e. The highest BCUT2D eigenvalue weighted by Crippen LogP contribution is 2.36. The van der Waals surface area contributed by atoms with Gasteiger partial charge in [-0.2, -0.15) is 0 Å². The van der Waals surface area contributed by atoms with E-state index in [9.17, 15) is 22.1 Å². The summed E-state index contributed by atoms with van der Waals surface area (Å²) in [6.45, 7) is 2.75. The topological polar surface area (TPSA) is 26.3 Å². The van der Waals surface area contributed by atoms with Crippen molar-refractivity contribution >= 4 is 12.4 Å². The SMILES string of the molecule is CP(C)(=O)c1ccc(F)c(OC(F)(F)F)c1. The standard InChI is InChI=1S/C9H9F4O2P/c1-16(2,14)6-3-4-7(10)8(5-6)15-9(11,12)13/h3-5H,1-2H3. The quantitative estimate of drug-likeness (QED) is 0.600. The number of rotatable bonds is 2. The lowest BCUT2D eigenvalue weighted by Crippen LogP contribution is -2.19. The largest absolute Gasteiger partial charge is 0.573 e. The van der Waals surface area contributed by atoms with Gasteiger partial charge in [-0.25, -0.2) is 4.39 Å². The van der Waals surface area contributed by atoms with Crippen LogP contribution in [0.15, 0.2) is 18.2 Å². The molecule has 0 spiro atoms. The minimum atomic E-state index is -4.97. The Hall–Kier alpha value is -1.03. The van der Waals surface area contributed by atoms with Crippen LogP contribution in [-0.2, 0) is 4.57 Å². The van der Waals surface area contributed by atoms with E-state index in [1.54, 1.807) is 0 Å². The van der Waals surface area contributed by atoms with Crippen molar-refractivity contribution in [1.82, 2.24) is 0 Å². The molecule has 0 heterocycles. The first-order valence-corrected chi connectivity index (χ1v) is 6.80. The van der Waals surface area contributed by atoms with Gasteiger partial charge in [0.05, 0.1) is 0 Å². The molecule has 7 heteroatoms. The van der Waals surface area contributed by atoms with Crippen molar-refractivity contribution in [1.29, 1.82) is 0 Å². The zero-order chi connectivity index (χ0) is 12.6. The Kier molecular flexibility index (Phi) is 3.33. The van der Waals surface area contributed by atoms with Crippen LogP contribution in [0.1, 0.15) is 0 Å². The van der Waals surface area contributed by atoms with Crippen molar-refractivity contribution in [3.05, 3.63) is 24.0 Å². The Bertz CT molecular complexity index is 436. The normalized spacial score (nSPS) is 12.6. The first kappa shape index (κ1) is 13.0. The summed E-state index contributed by atoms with van der Waals surface area (Å²) in [7, 11) is -2.74. The van der Waals surface area contributed by atoms with Gasteiger partial charge < -0.3 is 9.30 Å². The predicted molar refractivity (Wildman–Crippen MR) is 52.2 cm³/mol. The van der Waals surface area contributed by atoms with E-state index in [-0.39, 0.29) is 5.30 Å². The number of halogens is 4. The second-order valence-electron chi connectivity index (χ2n) is 3.51. The monoisotopic (exact) mass is 256 g/mol. The zero-order valence-electron chi connectivity index (χ0n) is 8.51. The molecule has 0 fully saturated rings. The Morgan fingerprint density at radius 2 is 1.81 bits per heavy atom. The fraction of sp³-hybridized carbons (Fsp3) is 0.333. The predicted octanol–water partition coefficient (Wildman–Crippen LogP) is 2.97. The highest BCUT2D eigenvalue weighted by Gasteiger charge is 2.32. The van der Waals surface area contributed by atoms with Crippen molar-refractivity contribution in [2.24, 2.45) is 0 Å². The van der Waals surface area contributed by atoms with Gasteiger partial charge >= 0.3 is 6.36 Å². The van der Waals surface area contributed by atoms with Gasteiger partial charge in [-0.05, 0) is 31.5 Å². The second-order valence-corrected chi connectivity index (χ2v) is 6.73. The van der Waals surface area contributed by atoms with Crippen LogP contribution in [0.3, 0.4) is 0 Å². The molecule has 0 saturated carbocycles. The highest BCUT2D eigenvalue weighted by atomic mass is 31.2. The molecule has 90 valence electrons. The summed E-state index contributed by atoms with van der Waals surface area (Å²) >= 11 is 0. The molecule has 16 heavy (non-hydrogen) atoms. The van der Waals surface area contributed by atoms with Crippen LogP contribution < -0.4 is 10.0 Å². The van der Waals surface area contributed by atoms with Crippen molar-refractivity contribution in [2.45, 2.75) is 6.36 Å². The van der Waals surface area contributed by atoms with Gasteiger partial charge in [0.25, 0.3) is 0 Å². The molecule has 0 bridgehead atoms. The lowest BCUT2D eigenvalue weighted by molar-refractivity contribution is -0.275. The van der Waals surface area contributed by atoms with Crippen molar-refractivity contribution in [3.63, 3.8) is 0 Å². The highest BCUT2D eigenvalue weighted by molar-refractivity contribution is 7.70. The molecular formula is C9H9F4O2P. The lowest BCUT2D eigenvalue weighted by Gasteiger charge is -2.12. The van der Waals surface area contributed by atoms with Gasteiger partial charge in [0.15, 0.2) is 11.6 Å². The summed E-state index contributed by atoms with van der Waals surface area (Å²) in [6.07, 6.45) is -4.97. The van der Waals surface area contributed by atoms with Crippen LogP contribution >= 0.6 is 7.14 Å². The van der Waals surface area contributed by atoms with Crippen LogP contribution in [0.4, 0.5) is 17.6 Å². The van der Waals surface area contributed by atoms with Gasteiger partial charge in [0.2, 0.25) is 0 Å². The fourth-order valence-corrected chi connectivity index (χ4v) is 1.89. The van der Waals surface area contributed by atoms with Crippen LogP contribution in [0.2, 0.25) is 0 Å². The van der Waals surface area contributed by atoms with E-state index in [1.807, 2.05) is 0 Å². The number of ether oxygens (including phenoxy) is 1. The fourth-order valence-electron chi connectivity index (χ4n) is 1.03. The molecule has 1 rings (SSSR count). The third-order valence-electron chi connectivity index (χ3n) is 1.76. The molecule has 0 aliphatic rings. The Morgan fingerprint density at radius 1 is 1.25 bits per heavy atom. The summed E-state index contributed by atoms with van der Waals surface area (Å²) in [5.41, 5.74) is 0. The van der Waals surface area contributed by atoms with Crippen LogP contribution in [0.5, 0.6) is 5.75 Å². The molecule has 1 aromatic rings. The average molecular weight is 256 g/mol. The smallest absolute Gasteiger partial charge is 0.403 e. The first-order valence-electron chi connectivity index (χ1n) is 4.20. The number of hydrogen-bond acceptors (Lipinski definition) is 2. The zero-order valence-corrected chi connectivity index (χ0v) is 9.40. The summed E-state index contributed by atoms with van der Waals surface area (Å²) in [5.74, 6) is -2.11. The van der Waals surface area contributed by atoms with E-state index in [4.69, 9.17) is 0 Å². The average Bonchev–Trinajstić information content (AvgIpc) is 2.04. The molecule has 0 aliphatic heterocycles. The van der Waals surface area contributed by atoms with E-state index in [0.29, 0.717) is 0 Å². The Morgan fingerprint density at radius 3 is 2.25 bits per heavy atom. The molecule has 1 aromatic carbocycles. The van der Waals surface area contributed by atoms with Crippen molar-refractivity contribution < 1.29 is 26.9 Å². The van der Waals surface area contributed by atoms with Gasteiger partial charge in [0, 0.05) is 5.30 Å². The third kappa shape index (κ3) is 3.52. The van der Waals surface area contributed by atoms with Gasteiger partial charge in [0.1, 0.15) is 7.14 Å². The van der Waals surface area contributed by atoms with Crippen LogP contribution in [-0.4, -0.2) is 19.7 Å². The van der Waals surface area contributed by atoms with Crippen LogP contribution in [0.25, 0.3) is 0 Å². The number of benzene rings is 1. The molecule has 0 atom stereocenters. The maximum atomic E-state index is 13.0. The lowest BCUT2D eigenvalue weighted by atomic mass is 10.3. The van der Waals surface area contributed by atoms with E-state index >= 15 is 0 Å². The van der Waals surface area contributed by atoms with E-state index in [1.165, 1.54) is 19.4 Å².